The minimum absolute atomic E-state index is 0.00623. The van der Waals surface area contributed by atoms with Gasteiger partial charge in [0.2, 0.25) is 0 Å². The van der Waals surface area contributed by atoms with Gasteiger partial charge in [0.25, 0.3) is 5.91 Å². The molecule has 13 heteroatoms. The van der Waals surface area contributed by atoms with Crippen molar-refractivity contribution >= 4 is 21.4 Å². The van der Waals surface area contributed by atoms with Crippen molar-refractivity contribution in [3.05, 3.63) is 82.5 Å². The third-order valence-electron chi connectivity index (χ3n) is 6.67. The Balaban J connectivity index is 1.42. The number of nitrogens with zero attached hydrogens (tertiary/aromatic N) is 2. The number of aromatic amines is 1. The predicted octanol–water partition coefficient (Wildman–Crippen LogP) is 3.32. The maximum Gasteiger partial charge on any atom is 0.345 e. The molecule has 1 amide bonds. The third kappa shape index (κ3) is 7.21. The van der Waals surface area contributed by atoms with Crippen LogP contribution in [0.4, 0.5) is 14.5 Å². The zero-order chi connectivity index (χ0) is 28.9. The molecule has 1 aromatic heterocycles. The van der Waals surface area contributed by atoms with Crippen molar-refractivity contribution in [1.29, 1.82) is 0 Å². The molecule has 1 aliphatic heterocycles. The Hall–Kier alpha value is -3.84. The summed E-state index contributed by atoms with van der Waals surface area (Å²) >= 11 is 0. The second-order valence-electron chi connectivity index (χ2n) is 9.34. The van der Waals surface area contributed by atoms with Crippen LogP contribution in [0, 0.1) is 0 Å². The first-order valence-electron chi connectivity index (χ1n) is 12.7. The molecule has 214 valence electrons. The van der Waals surface area contributed by atoms with E-state index in [0.717, 1.165) is 5.56 Å². The molecule has 3 atom stereocenters. The van der Waals surface area contributed by atoms with Gasteiger partial charge in [-0.25, -0.2) is 13.2 Å². The first kappa shape index (κ1) is 29.2. The number of nitrogens with one attached hydrogen (secondary N) is 2. The lowest BCUT2D eigenvalue weighted by Gasteiger charge is -2.26. The summed E-state index contributed by atoms with van der Waals surface area (Å²) in [7, 11) is -3.31. The molecule has 0 bridgehead atoms. The molecule has 0 saturated carbocycles. The summed E-state index contributed by atoms with van der Waals surface area (Å²) < 4.78 is 60.1. The summed E-state index contributed by atoms with van der Waals surface area (Å²) in [5.74, 6) is 0.0320. The summed E-state index contributed by atoms with van der Waals surface area (Å²) in [6.45, 7) is 0.607. The Morgan fingerprint density at radius 3 is 2.48 bits per heavy atom. The number of H-pyrrole nitrogens is 1. The van der Waals surface area contributed by atoms with Gasteiger partial charge in [-0.15, -0.1) is 0 Å². The summed E-state index contributed by atoms with van der Waals surface area (Å²) in [5.41, 5.74) is 1.34. The number of amides is 1. The standard InChI is InChI=1S/C27H30F2N4O6S/c1-3-40(36,37)24-10-6-18(7-11-24)17(2)32-25(34)19-4-8-20(9-5-19)33-15-22(12-21(33)16-38-26(28)29)39-23-13-30-27(35)31-14-23/h4-11,13-14,17,21-22,26H,3,12,15-16H2,1-2H3,(H,32,34)(H,30,31,35)/t17?,21-,22-/m0/s1. The smallest absolute Gasteiger partial charge is 0.345 e. The zero-order valence-corrected chi connectivity index (χ0v) is 22.7. The van der Waals surface area contributed by atoms with E-state index in [9.17, 15) is 26.8 Å². The number of hydrogen-bond donors (Lipinski definition) is 2. The van der Waals surface area contributed by atoms with Crippen molar-refractivity contribution in [2.75, 3.05) is 23.8 Å². The van der Waals surface area contributed by atoms with Crippen LogP contribution >= 0.6 is 0 Å². The number of rotatable bonds is 11. The molecule has 40 heavy (non-hydrogen) atoms. The van der Waals surface area contributed by atoms with Crippen LogP contribution in [-0.2, 0) is 14.6 Å². The second-order valence-corrected chi connectivity index (χ2v) is 11.6. The highest BCUT2D eigenvalue weighted by molar-refractivity contribution is 7.91. The number of carbonyl (C=O) groups is 1. The molecule has 1 unspecified atom stereocenters. The van der Waals surface area contributed by atoms with Gasteiger partial charge in [-0.1, -0.05) is 19.1 Å². The van der Waals surface area contributed by atoms with E-state index in [-0.39, 0.29) is 35.3 Å². The van der Waals surface area contributed by atoms with Crippen molar-refractivity contribution in [1.82, 2.24) is 15.3 Å². The molecule has 10 nitrogen and oxygen atoms in total. The van der Waals surface area contributed by atoms with Crippen LogP contribution < -0.4 is 20.6 Å². The van der Waals surface area contributed by atoms with Crippen molar-refractivity contribution in [3.63, 3.8) is 0 Å². The van der Waals surface area contributed by atoms with E-state index in [4.69, 9.17) is 4.74 Å². The Morgan fingerprint density at radius 2 is 1.88 bits per heavy atom. The number of halogens is 2. The number of hydrogen-bond acceptors (Lipinski definition) is 8. The quantitative estimate of drug-likeness (QED) is 0.356. The van der Waals surface area contributed by atoms with Gasteiger partial charge in [0.1, 0.15) is 6.10 Å². The lowest BCUT2D eigenvalue weighted by molar-refractivity contribution is -0.131. The van der Waals surface area contributed by atoms with Crippen molar-refractivity contribution in [2.45, 2.75) is 50.0 Å². The van der Waals surface area contributed by atoms with E-state index in [1.807, 2.05) is 4.90 Å². The van der Waals surface area contributed by atoms with Gasteiger partial charge in [-0.05, 0) is 48.9 Å². The third-order valence-corrected chi connectivity index (χ3v) is 8.42. The number of ether oxygens (including phenoxy) is 2. The minimum Gasteiger partial charge on any atom is -0.485 e. The maximum atomic E-state index is 12.9. The largest absolute Gasteiger partial charge is 0.485 e. The molecule has 4 rings (SSSR count). The summed E-state index contributed by atoms with van der Waals surface area (Å²) in [4.78, 5) is 32.2. The average Bonchev–Trinajstić information content (AvgIpc) is 3.35. The van der Waals surface area contributed by atoms with Crippen LogP contribution in [-0.4, -0.2) is 62.0 Å². The second kappa shape index (κ2) is 12.6. The first-order valence-corrected chi connectivity index (χ1v) is 14.3. The van der Waals surface area contributed by atoms with Gasteiger partial charge in [0, 0.05) is 23.9 Å². The van der Waals surface area contributed by atoms with Crippen LogP contribution in [0.15, 0.2) is 70.6 Å². The fourth-order valence-corrected chi connectivity index (χ4v) is 5.39. The topological polar surface area (TPSA) is 131 Å². The SMILES string of the molecule is CCS(=O)(=O)c1ccc(C(C)NC(=O)c2ccc(N3C[C@@H](Oc4cnc(=O)[nH]c4)C[C@H]3COC(F)F)cc2)cc1. The van der Waals surface area contributed by atoms with E-state index < -0.39 is 28.2 Å². The van der Waals surface area contributed by atoms with E-state index in [2.05, 4.69) is 20.0 Å². The van der Waals surface area contributed by atoms with Crippen LogP contribution in [0.3, 0.4) is 0 Å². The molecule has 1 saturated heterocycles. The van der Waals surface area contributed by atoms with Gasteiger partial charge in [0.05, 0.1) is 42.1 Å². The van der Waals surface area contributed by atoms with E-state index in [1.54, 1.807) is 50.2 Å². The number of alkyl halides is 2. The fourth-order valence-electron chi connectivity index (χ4n) is 4.50. The molecule has 2 aromatic carbocycles. The summed E-state index contributed by atoms with van der Waals surface area (Å²) in [5, 5.41) is 2.90. The molecular formula is C27H30F2N4O6S. The van der Waals surface area contributed by atoms with Gasteiger partial charge >= 0.3 is 12.3 Å². The van der Waals surface area contributed by atoms with E-state index in [0.29, 0.717) is 30.0 Å². The van der Waals surface area contributed by atoms with Gasteiger partial charge in [-0.2, -0.15) is 13.8 Å². The highest BCUT2D eigenvalue weighted by atomic mass is 32.2. The molecule has 3 aromatic rings. The molecule has 0 spiro atoms. The van der Waals surface area contributed by atoms with Gasteiger partial charge in [0.15, 0.2) is 15.6 Å². The van der Waals surface area contributed by atoms with E-state index in [1.165, 1.54) is 24.5 Å². The van der Waals surface area contributed by atoms with Crippen LogP contribution in [0.25, 0.3) is 0 Å². The van der Waals surface area contributed by atoms with Crippen LogP contribution in [0.2, 0.25) is 0 Å². The highest BCUT2D eigenvalue weighted by Crippen LogP contribution is 2.29. The van der Waals surface area contributed by atoms with Gasteiger partial charge in [-0.3, -0.25) is 4.79 Å². The Kier molecular flexibility index (Phi) is 9.15. The summed E-state index contributed by atoms with van der Waals surface area (Å²) in [6, 6.07) is 12.3. The normalized spacial score (nSPS) is 18.1. The Morgan fingerprint density at radius 1 is 1.18 bits per heavy atom. The molecule has 1 fully saturated rings. The zero-order valence-electron chi connectivity index (χ0n) is 21.9. The number of aromatic nitrogens is 2. The van der Waals surface area contributed by atoms with E-state index >= 15 is 0 Å². The molecule has 2 heterocycles. The predicted molar refractivity (Wildman–Crippen MR) is 143 cm³/mol. The average molecular weight is 577 g/mol. The molecular weight excluding hydrogens is 546 g/mol. The van der Waals surface area contributed by atoms with Crippen LogP contribution in [0.5, 0.6) is 5.75 Å². The number of anilines is 1. The van der Waals surface area contributed by atoms with Crippen molar-refractivity contribution in [2.24, 2.45) is 0 Å². The van der Waals surface area contributed by atoms with Crippen molar-refractivity contribution in [3.8, 4) is 5.75 Å². The first-order chi connectivity index (χ1) is 19.1. The monoisotopic (exact) mass is 576 g/mol. The van der Waals surface area contributed by atoms with Crippen molar-refractivity contribution < 1.29 is 31.5 Å². The summed E-state index contributed by atoms with van der Waals surface area (Å²) in [6.07, 6.45) is 2.70. The number of benzene rings is 2. The molecule has 0 aliphatic carbocycles. The Bertz CT molecular complexity index is 1450. The Labute approximate surface area is 230 Å². The van der Waals surface area contributed by atoms with Gasteiger partial charge < -0.3 is 24.7 Å². The highest BCUT2D eigenvalue weighted by Gasteiger charge is 2.34. The lowest BCUT2D eigenvalue weighted by atomic mass is 10.1. The lowest BCUT2D eigenvalue weighted by Crippen LogP contribution is -2.34. The number of carbonyl (C=O) groups excluding carboxylic acids is 1. The maximum absolute atomic E-state index is 12.9. The number of sulfone groups is 1. The minimum atomic E-state index is -3.31. The van der Waals surface area contributed by atoms with Crippen LogP contribution in [0.1, 0.15) is 42.2 Å². The molecule has 0 radical (unpaired) electrons. The molecule has 2 N–H and O–H groups in total. The fraction of sp³-hybridized carbons (Fsp3) is 0.370. The molecule has 1 aliphatic rings.